The highest BCUT2D eigenvalue weighted by atomic mass is 32.2. The minimum absolute atomic E-state index is 0.0666. The van der Waals surface area contributed by atoms with Crippen LogP contribution in [0.5, 0.6) is 5.75 Å². The van der Waals surface area contributed by atoms with Gasteiger partial charge in [0.15, 0.2) is 6.23 Å². The number of benzene rings is 2. The summed E-state index contributed by atoms with van der Waals surface area (Å²) < 4.78 is 41.0. The minimum Gasteiger partial charge on any atom is -0.469 e. The number of aryl methyl sites for hydroxylation is 1. The maximum Gasteiger partial charge on any atom is 0.294 e. The van der Waals surface area contributed by atoms with Gasteiger partial charge in [-0.25, -0.2) is 0 Å². The second kappa shape index (κ2) is 8.29. The zero-order valence-corrected chi connectivity index (χ0v) is 16.4. The second-order valence-corrected chi connectivity index (χ2v) is 8.18. The Morgan fingerprint density at radius 3 is 2.48 bits per heavy atom. The summed E-state index contributed by atoms with van der Waals surface area (Å²) in [5.74, 6) is 0.994. The molecule has 2 aliphatic heterocycles. The van der Waals surface area contributed by atoms with Crippen molar-refractivity contribution in [2.75, 3.05) is 18.1 Å². The largest absolute Gasteiger partial charge is 0.469 e. The third-order valence-electron chi connectivity index (χ3n) is 4.65. The minimum atomic E-state index is -4.02. The van der Waals surface area contributed by atoms with Gasteiger partial charge in [-0.1, -0.05) is 29.8 Å². The lowest BCUT2D eigenvalue weighted by atomic mass is 10.2. The summed E-state index contributed by atoms with van der Waals surface area (Å²) in [5, 5.41) is 0. The van der Waals surface area contributed by atoms with E-state index in [9.17, 15) is 8.42 Å². The summed E-state index contributed by atoms with van der Waals surface area (Å²) in [6.07, 6.45) is 2.86. The molecule has 146 valence electrons. The van der Waals surface area contributed by atoms with Crippen LogP contribution in [0.1, 0.15) is 25.3 Å². The Hall–Kier alpha value is -2.09. The zero-order valence-electron chi connectivity index (χ0n) is 15.5. The molecule has 6 nitrogen and oxygen atoms in total. The molecule has 0 spiro atoms. The lowest BCUT2D eigenvalue weighted by Crippen LogP contribution is -2.37. The van der Waals surface area contributed by atoms with Crippen molar-refractivity contribution < 1.29 is 22.4 Å². The van der Waals surface area contributed by atoms with Crippen LogP contribution in [0.25, 0.3) is 0 Å². The van der Waals surface area contributed by atoms with E-state index in [1.54, 1.807) is 12.1 Å². The van der Waals surface area contributed by atoms with Crippen LogP contribution in [-0.2, 0) is 14.9 Å². The van der Waals surface area contributed by atoms with Crippen LogP contribution in [0.2, 0.25) is 0 Å². The standard InChI is InChI=1S/C13H17NO2.C7H8O3S/c1-10-14(9-11-5-4-8-15-11)12-6-2-3-7-13(12)16-10;1-6-2-4-7(5-3-6)11(8,9)10/h2-3,6-7,10-11H,4-5,8-9H2,1H3;2-5H,1H3,(H,8,9,10). The molecule has 0 aliphatic carbocycles. The molecule has 0 radical (unpaired) electrons. The summed E-state index contributed by atoms with van der Waals surface area (Å²) in [6.45, 7) is 5.79. The fourth-order valence-electron chi connectivity index (χ4n) is 3.20. The number of hydrogen-bond acceptors (Lipinski definition) is 5. The van der Waals surface area contributed by atoms with Gasteiger partial charge in [-0.3, -0.25) is 4.55 Å². The summed E-state index contributed by atoms with van der Waals surface area (Å²) in [7, 11) is -4.02. The molecule has 0 aromatic heterocycles. The highest BCUT2D eigenvalue weighted by molar-refractivity contribution is 7.85. The first kappa shape index (κ1) is 19.7. The molecule has 7 heteroatoms. The SMILES string of the molecule is CC1Oc2ccccc2N1CC1CCCO1.Cc1ccc(S(=O)(=O)O)cc1. The highest BCUT2D eigenvalue weighted by Gasteiger charge is 2.30. The van der Waals surface area contributed by atoms with E-state index in [4.69, 9.17) is 14.0 Å². The van der Waals surface area contributed by atoms with Gasteiger partial charge in [-0.15, -0.1) is 0 Å². The van der Waals surface area contributed by atoms with Gasteiger partial charge in [0.05, 0.1) is 16.7 Å². The monoisotopic (exact) mass is 391 g/mol. The zero-order chi connectivity index (χ0) is 19.4. The molecule has 0 bridgehead atoms. The molecule has 2 unspecified atom stereocenters. The Bertz CT molecular complexity index is 860. The Labute approximate surface area is 160 Å². The molecule has 1 N–H and O–H groups in total. The van der Waals surface area contributed by atoms with Gasteiger partial charge in [0.1, 0.15) is 5.75 Å². The van der Waals surface area contributed by atoms with Crippen LogP contribution in [0.4, 0.5) is 5.69 Å². The van der Waals surface area contributed by atoms with E-state index in [1.807, 2.05) is 19.1 Å². The molecule has 0 amide bonds. The summed E-state index contributed by atoms with van der Waals surface area (Å²) in [5.41, 5.74) is 2.16. The first-order chi connectivity index (χ1) is 12.8. The van der Waals surface area contributed by atoms with Crippen molar-refractivity contribution in [2.24, 2.45) is 0 Å². The van der Waals surface area contributed by atoms with Crippen LogP contribution >= 0.6 is 0 Å². The third kappa shape index (κ3) is 5.00. The van der Waals surface area contributed by atoms with E-state index < -0.39 is 10.1 Å². The summed E-state index contributed by atoms with van der Waals surface area (Å²) >= 11 is 0. The van der Waals surface area contributed by atoms with Crippen molar-refractivity contribution in [3.8, 4) is 5.75 Å². The molecule has 1 saturated heterocycles. The fourth-order valence-corrected chi connectivity index (χ4v) is 3.68. The number of nitrogens with zero attached hydrogens (tertiary/aromatic N) is 1. The van der Waals surface area contributed by atoms with Gasteiger partial charge in [0.2, 0.25) is 0 Å². The smallest absolute Gasteiger partial charge is 0.294 e. The van der Waals surface area contributed by atoms with Crippen LogP contribution in [0, 0.1) is 6.92 Å². The molecule has 4 rings (SSSR count). The van der Waals surface area contributed by atoms with Crippen LogP contribution in [0.15, 0.2) is 53.4 Å². The van der Waals surface area contributed by atoms with Crippen molar-refractivity contribution in [1.29, 1.82) is 0 Å². The maximum atomic E-state index is 10.5. The van der Waals surface area contributed by atoms with Gasteiger partial charge in [0.25, 0.3) is 10.1 Å². The number of fused-ring (bicyclic) bond motifs is 1. The van der Waals surface area contributed by atoms with Crippen molar-refractivity contribution >= 4 is 15.8 Å². The second-order valence-electron chi connectivity index (χ2n) is 6.76. The average molecular weight is 391 g/mol. The Balaban J connectivity index is 0.000000168. The van der Waals surface area contributed by atoms with Crippen LogP contribution in [0.3, 0.4) is 0 Å². The molecule has 2 atom stereocenters. The topological polar surface area (TPSA) is 76.1 Å². The Kier molecular flexibility index (Phi) is 6.04. The van der Waals surface area contributed by atoms with Crippen molar-refractivity contribution in [3.63, 3.8) is 0 Å². The molecule has 2 aromatic carbocycles. The maximum absolute atomic E-state index is 10.5. The number of rotatable bonds is 3. The Morgan fingerprint density at radius 2 is 1.85 bits per heavy atom. The normalized spacial score (nSPS) is 21.2. The summed E-state index contributed by atoms with van der Waals surface area (Å²) in [4.78, 5) is 2.23. The summed E-state index contributed by atoms with van der Waals surface area (Å²) in [6, 6.07) is 14.2. The molecular formula is C20H25NO5S. The van der Waals surface area contributed by atoms with Crippen LogP contribution < -0.4 is 9.64 Å². The number of anilines is 1. The van der Waals surface area contributed by atoms with E-state index >= 15 is 0 Å². The quantitative estimate of drug-likeness (QED) is 0.805. The van der Waals surface area contributed by atoms with Gasteiger partial charge >= 0.3 is 0 Å². The number of para-hydroxylation sites is 2. The van der Waals surface area contributed by atoms with E-state index in [-0.39, 0.29) is 11.1 Å². The van der Waals surface area contributed by atoms with Gasteiger partial charge in [0, 0.05) is 13.2 Å². The average Bonchev–Trinajstić information content (AvgIpc) is 3.24. The molecule has 2 aliphatic rings. The predicted octanol–water partition coefficient (Wildman–Crippen LogP) is 3.65. The van der Waals surface area contributed by atoms with E-state index in [0.29, 0.717) is 6.10 Å². The van der Waals surface area contributed by atoms with Crippen molar-refractivity contribution in [1.82, 2.24) is 0 Å². The van der Waals surface area contributed by atoms with Crippen molar-refractivity contribution in [2.45, 2.75) is 43.9 Å². The Morgan fingerprint density at radius 1 is 1.15 bits per heavy atom. The highest BCUT2D eigenvalue weighted by Crippen LogP contribution is 2.37. The van der Waals surface area contributed by atoms with E-state index in [0.717, 1.165) is 24.5 Å². The number of ether oxygens (including phenoxy) is 2. The van der Waals surface area contributed by atoms with Gasteiger partial charge in [-0.2, -0.15) is 8.42 Å². The molecule has 27 heavy (non-hydrogen) atoms. The van der Waals surface area contributed by atoms with Crippen LogP contribution in [-0.4, -0.2) is 38.5 Å². The fraction of sp³-hybridized carbons (Fsp3) is 0.400. The molecular weight excluding hydrogens is 366 g/mol. The van der Waals surface area contributed by atoms with Gasteiger partial charge in [-0.05, 0) is 51.0 Å². The van der Waals surface area contributed by atoms with Gasteiger partial charge < -0.3 is 14.4 Å². The lowest BCUT2D eigenvalue weighted by molar-refractivity contribution is 0.108. The lowest BCUT2D eigenvalue weighted by Gasteiger charge is -2.25. The first-order valence-electron chi connectivity index (χ1n) is 9.02. The van der Waals surface area contributed by atoms with Crippen molar-refractivity contribution in [3.05, 3.63) is 54.1 Å². The molecule has 0 saturated carbocycles. The predicted molar refractivity (Wildman–Crippen MR) is 104 cm³/mol. The third-order valence-corrected chi connectivity index (χ3v) is 5.52. The number of hydrogen-bond donors (Lipinski definition) is 1. The molecule has 2 heterocycles. The first-order valence-corrected chi connectivity index (χ1v) is 10.5. The van der Waals surface area contributed by atoms with E-state index in [1.165, 1.54) is 30.7 Å². The molecule has 1 fully saturated rings. The van der Waals surface area contributed by atoms with E-state index in [2.05, 4.69) is 24.0 Å². The molecule has 2 aromatic rings.